The summed E-state index contributed by atoms with van der Waals surface area (Å²) in [6.07, 6.45) is 6.09. The molecule has 1 fully saturated rings. The molecule has 1 aliphatic carbocycles. The fraction of sp³-hybridized carbons (Fsp3) is 0.625. The van der Waals surface area contributed by atoms with Crippen molar-refractivity contribution in [3.8, 4) is 5.75 Å². The predicted octanol–water partition coefficient (Wildman–Crippen LogP) is 2.44. The second-order valence-corrected chi connectivity index (χ2v) is 5.60. The van der Waals surface area contributed by atoms with Gasteiger partial charge in [0.25, 0.3) is 0 Å². The fourth-order valence-corrected chi connectivity index (χ4v) is 2.99. The van der Waals surface area contributed by atoms with Gasteiger partial charge in [0.2, 0.25) is 0 Å². The summed E-state index contributed by atoms with van der Waals surface area (Å²) < 4.78 is 5.26. The van der Waals surface area contributed by atoms with E-state index >= 15 is 0 Å². The Morgan fingerprint density at radius 1 is 1.32 bits per heavy atom. The van der Waals surface area contributed by atoms with Gasteiger partial charge >= 0.3 is 0 Å². The number of methoxy groups -OCH3 is 1. The second kappa shape index (κ2) is 6.92. The van der Waals surface area contributed by atoms with Crippen molar-refractivity contribution in [1.29, 1.82) is 0 Å². The van der Waals surface area contributed by atoms with Crippen LogP contribution >= 0.6 is 0 Å². The molecule has 2 atom stereocenters. The molecule has 0 amide bonds. The van der Waals surface area contributed by atoms with Crippen LogP contribution in [0.15, 0.2) is 24.3 Å². The topological polar surface area (TPSA) is 38.5 Å². The van der Waals surface area contributed by atoms with Crippen LogP contribution in [0.25, 0.3) is 0 Å². The Bertz CT molecular complexity index is 394. The first-order chi connectivity index (χ1) is 9.20. The summed E-state index contributed by atoms with van der Waals surface area (Å²) >= 11 is 0. The van der Waals surface area contributed by atoms with Crippen molar-refractivity contribution < 1.29 is 4.74 Å². The summed E-state index contributed by atoms with van der Waals surface area (Å²) in [4.78, 5) is 2.43. The molecule has 1 aliphatic rings. The fourth-order valence-electron chi connectivity index (χ4n) is 2.99. The molecule has 1 saturated carbocycles. The number of nitrogens with two attached hydrogens (primary N) is 1. The van der Waals surface area contributed by atoms with Gasteiger partial charge in [-0.25, -0.2) is 0 Å². The Kier molecular flexibility index (Phi) is 5.23. The highest BCUT2D eigenvalue weighted by molar-refractivity contribution is 5.28. The van der Waals surface area contributed by atoms with Gasteiger partial charge in [-0.3, -0.25) is 0 Å². The Hall–Kier alpha value is -1.06. The Balaban J connectivity index is 1.86. The van der Waals surface area contributed by atoms with Gasteiger partial charge in [-0.1, -0.05) is 25.0 Å². The van der Waals surface area contributed by atoms with E-state index in [2.05, 4.69) is 30.1 Å². The molecule has 0 saturated heterocycles. The van der Waals surface area contributed by atoms with E-state index in [-0.39, 0.29) is 0 Å². The van der Waals surface area contributed by atoms with E-state index in [1.54, 1.807) is 7.11 Å². The number of ether oxygens (including phenoxy) is 1. The lowest BCUT2D eigenvalue weighted by molar-refractivity contribution is 0.171. The molecule has 19 heavy (non-hydrogen) atoms. The zero-order valence-corrected chi connectivity index (χ0v) is 12.1. The highest BCUT2D eigenvalue weighted by atomic mass is 16.5. The number of rotatable bonds is 5. The van der Waals surface area contributed by atoms with Crippen molar-refractivity contribution in [2.24, 2.45) is 5.73 Å². The van der Waals surface area contributed by atoms with Crippen molar-refractivity contribution in [2.75, 3.05) is 20.7 Å². The summed E-state index contributed by atoms with van der Waals surface area (Å²) in [7, 11) is 3.92. The van der Waals surface area contributed by atoms with E-state index in [4.69, 9.17) is 10.5 Å². The van der Waals surface area contributed by atoms with Crippen molar-refractivity contribution in [3.05, 3.63) is 29.8 Å². The zero-order valence-electron chi connectivity index (χ0n) is 12.1. The number of benzene rings is 1. The second-order valence-electron chi connectivity index (χ2n) is 5.60. The molecule has 0 aromatic heterocycles. The van der Waals surface area contributed by atoms with Crippen LogP contribution in [0.4, 0.5) is 0 Å². The van der Waals surface area contributed by atoms with Gasteiger partial charge in [-0.15, -0.1) is 0 Å². The third-order valence-corrected chi connectivity index (χ3v) is 4.24. The van der Waals surface area contributed by atoms with E-state index in [1.165, 1.54) is 31.2 Å². The molecule has 1 aromatic carbocycles. The minimum Gasteiger partial charge on any atom is -0.497 e. The molecule has 2 unspecified atom stereocenters. The molecule has 2 rings (SSSR count). The zero-order chi connectivity index (χ0) is 13.7. The summed E-state index contributed by atoms with van der Waals surface area (Å²) in [6.45, 7) is 1.06. The summed E-state index contributed by atoms with van der Waals surface area (Å²) in [5, 5.41) is 0. The number of hydrogen-bond donors (Lipinski definition) is 1. The van der Waals surface area contributed by atoms with Crippen molar-refractivity contribution in [2.45, 2.75) is 44.2 Å². The molecule has 0 radical (unpaired) electrons. The van der Waals surface area contributed by atoms with E-state index in [9.17, 15) is 0 Å². The Morgan fingerprint density at radius 2 is 2.11 bits per heavy atom. The van der Waals surface area contributed by atoms with Gasteiger partial charge in [0.05, 0.1) is 7.11 Å². The lowest BCUT2D eigenvalue weighted by atomic mass is 9.90. The van der Waals surface area contributed by atoms with Crippen LogP contribution in [0.5, 0.6) is 5.75 Å². The van der Waals surface area contributed by atoms with Crippen LogP contribution in [0.1, 0.15) is 31.2 Å². The van der Waals surface area contributed by atoms with Gasteiger partial charge < -0.3 is 15.4 Å². The summed E-state index contributed by atoms with van der Waals surface area (Å²) in [5.41, 5.74) is 7.56. The standard InChI is InChI=1S/C16H26N2O/c1-18(16-9-4-3-8-15(16)17)11-10-13-6-5-7-14(12-13)19-2/h5-7,12,15-16H,3-4,8-11,17H2,1-2H3. The van der Waals surface area contributed by atoms with Crippen LogP contribution in [0.3, 0.4) is 0 Å². The molecule has 3 nitrogen and oxygen atoms in total. The Morgan fingerprint density at radius 3 is 2.84 bits per heavy atom. The molecule has 2 N–H and O–H groups in total. The van der Waals surface area contributed by atoms with E-state index in [1.807, 2.05) is 6.07 Å². The third kappa shape index (κ3) is 3.95. The highest BCUT2D eigenvalue weighted by Crippen LogP contribution is 2.21. The van der Waals surface area contributed by atoms with Crippen molar-refractivity contribution >= 4 is 0 Å². The molecule has 106 valence electrons. The molecular formula is C16H26N2O. The lowest BCUT2D eigenvalue weighted by Crippen LogP contribution is -2.48. The third-order valence-electron chi connectivity index (χ3n) is 4.24. The molecule has 0 aliphatic heterocycles. The van der Waals surface area contributed by atoms with Gasteiger partial charge in [-0.2, -0.15) is 0 Å². The molecule has 1 aromatic rings. The number of likely N-dealkylation sites (N-methyl/N-ethyl adjacent to an activating group) is 1. The van der Waals surface area contributed by atoms with E-state index in [0.717, 1.165) is 18.7 Å². The predicted molar refractivity (Wildman–Crippen MR) is 79.6 cm³/mol. The van der Waals surface area contributed by atoms with Gasteiger partial charge in [-0.05, 0) is 44.0 Å². The van der Waals surface area contributed by atoms with Crippen LogP contribution in [-0.4, -0.2) is 37.7 Å². The first-order valence-corrected chi connectivity index (χ1v) is 7.29. The van der Waals surface area contributed by atoms with Crippen LogP contribution < -0.4 is 10.5 Å². The Labute approximate surface area is 116 Å². The average molecular weight is 262 g/mol. The number of hydrogen-bond acceptors (Lipinski definition) is 3. The molecular weight excluding hydrogens is 236 g/mol. The monoisotopic (exact) mass is 262 g/mol. The molecule has 0 spiro atoms. The minimum absolute atomic E-state index is 0.351. The average Bonchev–Trinajstić information content (AvgIpc) is 2.45. The maximum atomic E-state index is 6.23. The van der Waals surface area contributed by atoms with Crippen molar-refractivity contribution in [3.63, 3.8) is 0 Å². The minimum atomic E-state index is 0.351. The van der Waals surface area contributed by atoms with Gasteiger partial charge in [0.1, 0.15) is 5.75 Å². The smallest absolute Gasteiger partial charge is 0.119 e. The first kappa shape index (κ1) is 14.4. The van der Waals surface area contributed by atoms with E-state index in [0.29, 0.717) is 12.1 Å². The van der Waals surface area contributed by atoms with Crippen LogP contribution in [0.2, 0.25) is 0 Å². The molecule has 0 bridgehead atoms. The van der Waals surface area contributed by atoms with Crippen molar-refractivity contribution in [1.82, 2.24) is 4.90 Å². The first-order valence-electron chi connectivity index (χ1n) is 7.29. The molecule has 3 heteroatoms. The summed E-state index contributed by atoms with van der Waals surface area (Å²) in [6, 6.07) is 9.24. The normalized spacial score (nSPS) is 23.6. The van der Waals surface area contributed by atoms with E-state index < -0.39 is 0 Å². The van der Waals surface area contributed by atoms with Crippen LogP contribution in [0, 0.1) is 0 Å². The largest absolute Gasteiger partial charge is 0.497 e. The quantitative estimate of drug-likeness (QED) is 0.886. The highest BCUT2D eigenvalue weighted by Gasteiger charge is 2.24. The SMILES string of the molecule is COc1cccc(CCN(C)C2CCCCC2N)c1. The maximum Gasteiger partial charge on any atom is 0.119 e. The molecule has 0 heterocycles. The maximum absolute atomic E-state index is 6.23. The number of nitrogens with zero attached hydrogens (tertiary/aromatic N) is 1. The lowest BCUT2D eigenvalue weighted by Gasteiger charge is -2.36. The summed E-state index contributed by atoms with van der Waals surface area (Å²) in [5.74, 6) is 0.939. The van der Waals surface area contributed by atoms with Gasteiger partial charge in [0, 0.05) is 18.6 Å². The van der Waals surface area contributed by atoms with Crippen LogP contribution in [-0.2, 0) is 6.42 Å². The van der Waals surface area contributed by atoms with Gasteiger partial charge in [0.15, 0.2) is 0 Å².